The lowest BCUT2D eigenvalue weighted by atomic mass is 10.1. The number of methoxy groups -OCH3 is 1. The molecule has 0 aliphatic rings. The van der Waals surface area contributed by atoms with Crippen LogP contribution in [0.15, 0.2) is 78.4 Å². The molecule has 32 heavy (non-hydrogen) atoms. The number of carbonyl (C=O) groups excluding carboxylic acids is 2. The topological polar surface area (TPSA) is 112 Å². The molecule has 0 saturated carbocycles. The summed E-state index contributed by atoms with van der Waals surface area (Å²) in [5.74, 6) is -0.495. The molecule has 0 spiro atoms. The number of ether oxygens (including phenoxy) is 3. The fourth-order valence-electron chi connectivity index (χ4n) is 2.85. The van der Waals surface area contributed by atoms with E-state index >= 15 is 0 Å². The van der Waals surface area contributed by atoms with Crippen molar-refractivity contribution in [2.45, 2.75) is 0 Å². The number of amides is 1. The Morgan fingerprint density at radius 1 is 0.969 bits per heavy atom. The lowest BCUT2D eigenvalue weighted by Crippen LogP contribution is -2.18. The first-order valence-corrected chi connectivity index (χ1v) is 9.58. The smallest absolute Gasteiger partial charge is 0.349 e. The number of hydrogen-bond donors (Lipinski definition) is 1. The van der Waals surface area contributed by atoms with Crippen LogP contribution in [0, 0.1) is 11.3 Å². The maximum atomic E-state index is 12.2. The van der Waals surface area contributed by atoms with E-state index in [1.54, 1.807) is 24.3 Å². The maximum absolute atomic E-state index is 12.2. The molecule has 0 bridgehead atoms. The highest BCUT2D eigenvalue weighted by Gasteiger charge is 2.12. The van der Waals surface area contributed by atoms with Gasteiger partial charge in [-0.25, -0.2) is 4.79 Å². The number of rotatable bonds is 8. The molecule has 7 heteroatoms. The molecule has 1 amide bonds. The number of primary amides is 1. The molecule has 7 nitrogen and oxygen atoms in total. The third-order valence-corrected chi connectivity index (χ3v) is 4.43. The van der Waals surface area contributed by atoms with Gasteiger partial charge in [0, 0.05) is 0 Å². The minimum absolute atomic E-state index is 0.176. The molecule has 0 radical (unpaired) electrons. The summed E-state index contributed by atoms with van der Waals surface area (Å²) in [6.07, 6.45) is 1.32. The van der Waals surface area contributed by atoms with Gasteiger partial charge in [-0.1, -0.05) is 48.5 Å². The summed E-state index contributed by atoms with van der Waals surface area (Å²) < 4.78 is 16.1. The molecule has 2 N–H and O–H groups in total. The Morgan fingerprint density at radius 3 is 2.28 bits per heavy atom. The lowest BCUT2D eigenvalue weighted by Gasteiger charge is -2.11. The highest BCUT2D eigenvalue weighted by molar-refractivity contribution is 6.00. The average Bonchev–Trinajstić information content (AvgIpc) is 2.82. The predicted octanol–water partition coefficient (Wildman–Crippen LogP) is 3.74. The number of hydrogen-bond acceptors (Lipinski definition) is 6. The van der Waals surface area contributed by atoms with Crippen LogP contribution in [0.5, 0.6) is 17.2 Å². The molecule has 160 valence electrons. The Balaban J connectivity index is 1.62. The molecule has 0 fully saturated rings. The van der Waals surface area contributed by atoms with Gasteiger partial charge in [0.1, 0.15) is 17.4 Å². The minimum Gasteiger partial charge on any atom is -0.493 e. The third-order valence-electron chi connectivity index (χ3n) is 4.43. The fraction of sp³-hybridized carbons (Fsp3) is 0.0800. The van der Waals surface area contributed by atoms with E-state index < -0.39 is 11.9 Å². The highest BCUT2D eigenvalue weighted by atomic mass is 16.6. The average molecular weight is 428 g/mol. The van der Waals surface area contributed by atoms with Gasteiger partial charge in [-0.2, -0.15) is 5.26 Å². The van der Waals surface area contributed by atoms with Crippen molar-refractivity contribution in [1.82, 2.24) is 0 Å². The van der Waals surface area contributed by atoms with Gasteiger partial charge in [-0.15, -0.1) is 0 Å². The minimum atomic E-state index is -0.837. The number of nitrogens with two attached hydrogens (primary N) is 1. The van der Waals surface area contributed by atoms with Crippen molar-refractivity contribution in [2.75, 3.05) is 13.7 Å². The van der Waals surface area contributed by atoms with Crippen LogP contribution in [0.4, 0.5) is 0 Å². The fourth-order valence-corrected chi connectivity index (χ4v) is 2.85. The van der Waals surface area contributed by atoms with Crippen LogP contribution in [0.25, 0.3) is 17.2 Å². The van der Waals surface area contributed by atoms with Crippen molar-refractivity contribution < 1.29 is 23.8 Å². The van der Waals surface area contributed by atoms with Crippen molar-refractivity contribution in [2.24, 2.45) is 5.73 Å². The molecular weight excluding hydrogens is 408 g/mol. The van der Waals surface area contributed by atoms with Crippen molar-refractivity contribution >= 4 is 18.0 Å². The zero-order valence-electron chi connectivity index (χ0n) is 17.3. The van der Waals surface area contributed by atoms with E-state index in [0.29, 0.717) is 11.3 Å². The molecular formula is C25H20N2O5. The lowest BCUT2D eigenvalue weighted by molar-refractivity contribution is -0.136. The second-order valence-corrected chi connectivity index (χ2v) is 6.60. The molecule has 3 aromatic rings. The summed E-state index contributed by atoms with van der Waals surface area (Å²) in [5, 5.41) is 8.95. The Labute approximate surface area is 185 Å². The summed E-state index contributed by atoms with van der Waals surface area (Å²) in [5.41, 5.74) is 7.55. The summed E-state index contributed by atoms with van der Waals surface area (Å²) >= 11 is 0. The van der Waals surface area contributed by atoms with E-state index in [0.717, 1.165) is 11.1 Å². The van der Waals surface area contributed by atoms with Gasteiger partial charge in [0.25, 0.3) is 5.91 Å². The third kappa shape index (κ3) is 5.74. The first kappa shape index (κ1) is 22.1. The van der Waals surface area contributed by atoms with E-state index in [1.165, 1.54) is 25.3 Å². The van der Waals surface area contributed by atoms with Crippen molar-refractivity contribution in [3.8, 4) is 34.4 Å². The highest BCUT2D eigenvalue weighted by Crippen LogP contribution is 2.29. The van der Waals surface area contributed by atoms with Crippen molar-refractivity contribution in [3.05, 3.63) is 83.9 Å². The normalized spacial score (nSPS) is 10.7. The number of nitriles is 1. The van der Waals surface area contributed by atoms with E-state index in [9.17, 15) is 9.59 Å². The molecule has 0 atom stereocenters. The number of carbonyl (C=O) groups is 2. The Kier molecular flexibility index (Phi) is 7.23. The number of esters is 1. The van der Waals surface area contributed by atoms with Gasteiger partial charge in [0.2, 0.25) is 0 Å². The largest absolute Gasteiger partial charge is 0.493 e. The summed E-state index contributed by atoms with van der Waals surface area (Å²) in [6.45, 7) is -0.296. The van der Waals surface area contributed by atoms with Gasteiger partial charge in [0.05, 0.1) is 7.11 Å². The van der Waals surface area contributed by atoms with Gasteiger partial charge < -0.3 is 19.9 Å². The van der Waals surface area contributed by atoms with Crippen LogP contribution in [0.2, 0.25) is 0 Å². The molecule has 0 aliphatic carbocycles. The molecule has 0 aliphatic heterocycles. The van der Waals surface area contributed by atoms with Crippen molar-refractivity contribution in [1.29, 1.82) is 5.26 Å². The summed E-state index contributed by atoms with van der Waals surface area (Å²) in [4.78, 5) is 23.4. The maximum Gasteiger partial charge on any atom is 0.349 e. The standard InChI is InChI=1S/C25H20N2O5/c1-30-23-14-17(13-20(15-26)25(27)29)7-12-22(23)32-24(28)16-31-21-10-8-19(9-11-21)18-5-3-2-4-6-18/h2-14H,16H2,1H3,(H2,27,29)/b20-13+. The molecule has 0 heterocycles. The number of nitrogens with zero attached hydrogens (tertiary/aromatic N) is 1. The van der Waals surface area contributed by atoms with Crippen molar-refractivity contribution in [3.63, 3.8) is 0 Å². The summed E-state index contributed by atoms with van der Waals surface area (Å²) in [7, 11) is 1.41. The van der Waals surface area contributed by atoms with Gasteiger partial charge in [0.15, 0.2) is 18.1 Å². The second kappa shape index (κ2) is 10.5. The first-order valence-electron chi connectivity index (χ1n) is 9.58. The monoisotopic (exact) mass is 428 g/mol. The predicted molar refractivity (Wildman–Crippen MR) is 119 cm³/mol. The molecule has 3 rings (SSSR count). The summed E-state index contributed by atoms with van der Waals surface area (Å²) in [6, 6.07) is 23.6. The van der Waals surface area contributed by atoms with Crippen LogP contribution in [-0.4, -0.2) is 25.6 Å². The Hall–Kier alpha value is -4.57. The zero-order chi connectivity index (χ0) is 22.9. The van der Waals surface area contributed by atoms with Crippen LogP contribution in [-0.2, 0) is 9.59 Å². The Bertz CT molecular complexity index is 1180. The first-order chi connectivity index (χ1) is 15.5. The van der Waals surface area contributed by atoms with Gasteiger partial charge in [-0.3, -0.25) is 4.79 Å². The molecule has 3 aromatic carbocycles. The quantitative estimate of drug-likeness (QED) is 0.253. The zero-order valence-corrected chi connectivity index (χ0v) is 17.3. The molecule has 0 unspecified atom stereocenters. The van der Waals surface area contributed by atoms with Crippen LogP contribution >= 0.6 is 0 Å². The molecule has 0 saturated heterocycles. The van der Waals surface area contributed by atoms with Gasteiger partial charge >= 0.3 is 5.97 Å². The van der Waals surface area contributed by atoms with Crippen LogP contribution < -0.4 is 19.9 Å². The van der Waals surface area contributed by atoms with E-state index in [2.05, 4.69) is 0 Å². The molecule has 0 aromatic heterocycles. The number of benzene rings is 3. The van der Waals surface area contributed by atoms with Crippen LogP contribution in [0.1, 0.15) is 5.56 Å². The van der Waals surface area contributed by atoms with Crippen LogP contribution in [0.3, 0.4) is 0 Å². The Morgan fingerprint density at radius 2 is 1.66 bits per heavy atom. The van der Waals surface area contributed by atoms with E-state index in [-0.39, 0.29) is 23.7 Å². The van der Waals surface area contributed by atoms with Gasteiger partial charge in [-0.05, 0) is 47.0 Å². The SMILES string of the molecule is COc1cc(/C=C(\C#N)C(N)=O)ccc1OC(=O)COc1ccc(-c2ccccc2)cc1. The van der Waals surface area contributed by atoms with E-state index in [1.807, 2.05) is 42.5 Å². The second-order valence-electron chi connectivity index (χ2n) is 6.60. The van der Waals surface area contributed by atoms with E-state index in [4.69, 9.17) is 25.2 Å².